The molecule has 0 aliphatic carbocycles. The van der Waals surface area contributed by atoms with Gasteiger partial charge < -0.3 is 9.88 Å². The van der Waals surface area contributed by atoms with Crippen LogP contribution in [0.3, 0.4) is 0 Å². The van der Waals surface area contributed by atoms with Crippen LogP contribution in [0.15, 0.2) is 65.5 Å². The quantitative estimate of drug-likeness (QED) is 0.783. The van der Waals surface area contributed by atoms with Gasteiger partial charge in [-0.2, -0.15) is 0 Å². The Morgan fingerprint density at radius 1 is 1.00 bits per heavy atom. The second kappa shape index (κ2) is 5.25. The van der Waals surface area contributed by atoms with E-state index in [9.17, 15) is 9.59 Å². The third kappa shape index (κ3) is 2.56. The van der Waals surface area contributed by atoms with Crippen LogP contribution in [0.1, 0.15) is 10.4 Å². The number of anilines is 1. The van der Waals surface area contributed by atoms with Gasteiger partial charge >= 0.3 is 0 Å². The summed E-state index contributed by atoms with van der Waals surface area (Å²) in [4.78, 5) is 23.8. The molecule has 2 aromatic carbocycles. The fourth-order valence-electron chi connectivity index (χ4n) is 2.25. The molecule has 0 aliphatic rings. The molecule has 21 heavy (non-hydrogen) atoms. The molecule has 0 spiro atoms. The van der Waals surface area contributed by atoms with Gasteiger partial charge in [-0.1, -0.05) is 18.2 Å². The van der Waals surface area contributed by atoms with Crippen molar-refractivity contribution in [1.82, 2.24) is 4.57 Å². The van der Waals surface area contributed by atoms with Crippen LogP contribution in [0.5, 0.6) is 0 Å². The number of amides is 1. The van der Waals surface area contributed by atoms with Crippen molar-refractivity contribution >= 4 is 22.5 Å². The molecule has 0 aliphatic heterocycles. The number of aryl methyl sites for hydroxylation is 1. The SMILES string of the molecule is Cn1c(=O)ccc2cc(C(=O)Nc3ccccc3)ccc21. The number of nitrogens with one attached hydrogen (secondary N) is 1. The van der Waals surface area contributed by atoms with Gasteiger partial charge in [0.05, 0.1) is 5.52 Å². The number of carbonyl (C=O) groups is 1. The lowest BCUT2D eigenvalue weighted by Gasteiger charge is -2.08. The van der Waals surface area contributed by atoms with E-state index in [1.165, 1.54) is 6.07 Å². The second-order valence-corrected chi connectivity index (χ2v) is 4.82. The summed E-state index contributed by atoms with van der Waals surface area (Å²) in [6, 6.07) is 17.8. The summed E-state index contributed by atoms with van der Waals surface area (Å²) in [6.07, 6.45) is 0. The Labute approximate surface area is 121 Å². The minimum absolute atomic E-state index is 0.0658. The largest absolute Gasteiger partial charge is 0.322 e. The summed E-state index contributed by atoms with van der Waals surface area (Å²) >= 11 is 0. The molecule has 1 aromatic heterocycles. The fraction of sp³-hybridized carbons (Fsp3) is 0.0588. The van der Waals surface area contributed by atoms with Gasteiger partial charge in [-0.15, -0.1) is 0 Å². The lowest BCUT2D eigenvalue weighted by Crippen LogP contribution is -2.16. The first-order chi connectivity index (χ1) is 10.1. The minimum atomic E-state index is -0.169. The molecule has 4 nitrogen and oxygen atoms in total. The Hall–Kier alpha value is -2.88. The normalized spacial score (nSPS) is 10.5. The van der Waals surface area contributed by atoms with E-state index >= 15 is 0 Å². The molecule has 0 saturated heterocycles. The number of benzene rings is 2. The van der Waals surface area contributed by atoms with Crippen LogP contribution < -0.4 is 10.9 Å². The molecule has 104 valence electrons. The van der Waals surface area contributed by atoms with Gasteiger partial charge in [0, 0.05) is 24.4 Å². The van der Waals surface area contributed by atoms with Crippen LogP contribution in [0.25, 0.3) is 10.9 Å². The molecule has 3 aromatic rings. The summed E-state index contributed by atoms with van der Waals surface area (Å²) in [5.74, 6) is -0.169. The molecule has 1 N–H and O–H groups in total. The summed E-state index contributed by atoms with van der Waals surface area (Å²) in [5, 5.41) is 3.70. The van der Waals surface area contributed by atoms with Crippen LogP contribution in [-0.4, -0.2) is 10.5 Å². The fourth-order valence-corrected chi connectivity index (χ4v) is 2.25. The van der Waals surface area contributed by atoms with Gasteiger partial charge in [-0.3, -0.25) is 9.59 Å². The van der Waals surface area contributed by atoms with Gasteiger partial charge in [-0.25, -0.2) is 0 Å². The molecule has 0 fully saturated rings. The predicted octanol–water partition coefficient (Wildman–Crippen LogP) is 2.79. The molecule has 4 heteroatoms. The van der Waals surface area contributed by atoms with E-state index in [2.05, 4.69) is 5.32 Å². The zero-order valence-electron chi connectivity index (χ0n) is 11.5. The van der Waals surface area contributed by atoms with E-state index in [1.54, 1.807) is 35.9 Å². The highest BCUT2D eigenvalue weighted by molar-refractivity contribution is 6.06. The number of rotatable bonds is 2. The zero-order chi connectivity index (χ0) is 14.8. The Kier molecular flexibility index (Phi) is 3.28. The average Bonchev–Trinajstić information content (AvgIpc) is 2.51. The Bertz CT molecular complexity index is 867. The molecule has 0 radical (unpaired) electrons. The van der Waals surface area contributed by atoms with E-state index in [0.717, 1.165) is 16.6 Å². The Morgan fingerprint density at radius 3 is 2.52 bits per heavy atom. The molecule has 0 atom stereocenters. The monoisotopic (exact) mass is 278 g/mol. The van der Waals surface area contributed by atoms with Crippen molar-refractivity contribution in [2.45, 2.75) is 0 Å². The summed E-state index contributed by atoms with van der Waals surface area (Å²) in [7, 11) is 1.72. The summed E-state index contributed by atoms with van der Waals surface area (Å²) in [6.45, 7) is 0. The summed E-state index contributed by atoms with van der Waals surface area (Å²) in [5.41, 5.74) is 2.05. The number of aromatic nitrogens is 1. The summed E-state index contributed by atoms with van der Waals surface area (Å²) < 4.78 is 1.56. The van der Waals surface area contributed by atoms with Crippen LogP contribution in [0.2, 0.25) is 0 Å². The van der Waals surface area contributed by atoms with Gasteiger partial charge in [0.1, 0.15) is 0 Å². The molecule has 0 unspecified atom stereocenters. The maximum Gasteiger partial charge on any atom is 0.255 e. The van der Waals surface area contributed by atoms with Crippen LogP contribution >= 0.6 is 0 Å². The van der Waals surface area contributed by atoms with Crippen LogP contribution in [0, 0.1) is 0 Å². The van der Waals surface area contributed by atoms with Gasteiger partial charge in [0.2, 0.25) is 0 Å². The molecule has 1 amide bonds. The van der Waals surface area contributed by atoms with Gasteiger partial charge in [-0.05, 0) is 41.8 Å². The molecule has 0 saturated carbocycles. The number of fused-ring (bicyclic) bond motifs is 1. The van der Waals surface area contributed by atoms with E-state index in [0.29, 0.717) is 5.56 Å². The topological polar surface area (TPSA) is 51.1 Å². The van der Waals surface area contributed by atoms with E-state index < -0.39 is 0 Å². The second-order valence-electron chi connectivity index (χ2n) is 4.82. The van der Waals surface area contributed by atoms with Gasteiger partial charge in [0.15, 0.2) is 0 Å². The van der Waals surface area contributed by atoms with E-state index in [1.807, 2.05) is 30.3 Å². The highest BCUT2D eigenvalue weighted by Crippen LogP contribution is 2.15. The number of hydrogen-bond acceptors (Lipinski definition) is 2. The van der Waals surface area contributed by atoms with Crippen LogP contribution in [0.4, 0.5) is 5.69 Å². The lowest BCUT2D eigenvalue weighted by molar-refractivity contribution is 0.102. The molecular weight excluding hydrogens is 264 g/mol. The number of hydrogen-bond donors (Lipinski definition) is 1. The van der Waals surface area contributed by atoms with Crippen molar-refractivity contribution in [2.24, 2.45) is 7.05 Å². The van der Waals surface area contributed by atoms with Crippen molar-refractivity contribution in [3.8, 4) is 0 Å². The minimum Gasteiger partial charge on any atom is -0.322 e. The third-order valence-electron chi connectivity index (χ3n) is 3.42. The van der Waals surface area contributed by atoms with Crippen molar-refractivity contribution in [2.75, 3.05) is 5.32 Å². The van der Waals surface area contributed by atoms with Crippen LogP contribution in [-0.2, 0) is 7.05 Å². The molecule has 1 heterocycles. The van der Waals surface area contributed by atoms with Crippen molar-refractivity contribution < 1.29 is 4.79 Å². The highest BCUT2D eigenvalue weighted by Gasteiger charge is 2.08. The van der Waals surface area contributed by atoms with E-state index in [-0.39, 0.29) is 11.5 Å². The maximum atomic E-state index is 12.2. The van der Waals surface area contributed by atoms with Crippen molar-refractivity contribution in [3.05, 3.63) is 76.6 Å². The number of carbonyl (C=O) groups excluding carboxylic acids is 1. The maximum absolute atomic E-state index is 12.2. The first-order valence-corrected chi connectivity index (χ1v) is 6.61. The zero-order valence-corrected chi connectivity index (χ0v) is 11.5. The number of nitrogens with zero attached hydrogens (tertiary/aromatic N) is 1. The van der Waals surface area contributed by atoms with Crippen molar-refractivity contribution in [1.29, 1.82) is 0 Å². The Morgan fingerprint density at radius 2 is 1.76 bits per heavy atom. The standard InChI is InChI=1S/C17H14N2O2/c1-19-15-9-7-13(11-12(15)8-10-16(19)20)17(21)18-14-5-3-2-4-6-14/h2-11H,1H3,(H,18,21). The number of para-hydroxylation sites is 1. The smallest absolute Gasteiger partial charge is 0.255 e. The predicted molar refractivity (Wildman–Crippen MR) is 83.6 cm³/mol. The van der Waals surface area contributed by atoms with Crippen molar-refractivity contribution in [3.63, 3.8) is 0 Å². The Balaban J connectivity index is 1.96. The van der Waals surface area contributed by atoms with Gasteiger partial charge in [0.25, 0.3) is 11.5 Å². The number of pyridine rings is 1. The third-order valence-corrected chi connectivity index (χ3v) is 3.42. The lowest BCUT2D eigenvalue weighted by atomic mass is 10.1. The molecular formula is C17H14N2O2. The first-order valence-electron chi connectivity index (χ1n) is 6.61. The van der Waals surface area contributed by atoms with E-state index in [4.69, 9.17) is 0 Å². The average molecular weight is 278 g/mol. The molecule has 3 rings (SSSR count). The molecule has 0 bridgehead atoms. The highest BCUT2D eigenvalue weighted by atomic mass is 16.1. The first kappa shape index (κ1) is 13.1.